The molecule has 1 aromatic rings. The highest BCUT2D eigenvalue weighted by molar-refractivity contribution is 5.46. The van der Waals surface area contributed by atoms with Crippen molar-refractivity contribution in [2.24, 2.45) is 5.92 Å². The third kappa shape index (κ3) is 3.26. The van der Waals surface area contributed by atoms with Crippen molar-refractivity contribution >= 4 is 5.69 Å². The van der Waals surface area contributed by atoms with Crippen molar-refractivity contribution in [3.8, 4) is 0 Å². The van der Waals surface area contributed by atoms with E-state index in [0.29, 0.717) is 6.04 Å². The van der Waals surface area contributed by atoms with E-state index in [1.807, 2.05) is 0 Å². The van der Waals surface area contributed by atoms with Crippen molar-refractivity contribution < 1.29 is 0 Å². The van der Waals surface area contributed by atoms with Gasteiger partial charge in [-0.05, 0) is 43.4 Å². The lowest BCUT2D eigenvalue weighted by molar-refractivity contribution is 0.530. The number of hydrogen-bond acceptors (Lipinski definition) is 2. The molecule has 0 amide bonds. The summed E-state index contributed by atoms with van der Waals surface area (Å²) in [6.45, 7) is 4.55. The predicted octanol–water partition coefficient (Wildman–Crippen LogP) is 3.59. The van der Waals surface area contributed by atoms with Gasteiger partial charge in [0.05, 0.1) is 0 Å². The van der Waals surface area contributed by atoms with Gasteiger partial charge in [0, 0.05) is 31.9 Å². The summed E-state index contributed by atoms with van der Waals surface area (Å²) >= 11 is 0. The van der Waals surface area contributed by atoms with Gasteiger partial charge < -0.3 is 10.2 Å². The Kier molecular flexibility index (Phi) is 4.28. The fourth-order valence-corrected chi connectivity index (χ4v) is 2.62. The average molecular weight is 246 g/mol. The molecule has 3 atom stereocenters. The molecule has 1 saturated carbocycles. The van der Waals surface area contributed by atoms with E-state index >= 15 is 0 Å². The van der Waals surface area contributed by atoms with Gasteiger partial charge in [0.2, 0.25) is 0 Å². The van der Waals surface area contributed by atoms with Crippen LogP contribution in [0.4, 0.5) is 5.69 Å². The van der Waals surface area contributed by atoms with E-state index in [1.165, 1.54) is 30.5 Å². The summed E-state index contributed by atoms with van der Waals surface area (Å²) in [5, 5.41) is 3.74. The van der Waals surface area contributed by atoms with Crippen molar-refractivity contribution in [3.05, 3.63) is 29.8 Å². The largest absolute Gasteiger partial charge is 0.378 e. The number of nitrogens with one attached hydrogen (secondary N) is 1. The molecular weight excluding hydrogens is 220 g/mol. The summed E-state index contributed by atoms with van der Waals surface area (Å²) in [6, 6.07) is 10.1. The molecule has 2 nitrogen and oxygen atoms in total. The predicted molar refractivity (Wildman–Crippen MR) is 79.1 cm³/mol. The minimum Gasteiger partial charge on any atom is -0.378 e. The van der Waals surface area contributed by atoms with Gasteiger partial charge in [-0.25, -0.2) is 0 Å². The molecule has 0 aliphatic heterocycles. The van der Waals surface area contributed by atoms with Gasteiger partial charge in [-0.3, -0.25) is 0 Å². The summed E-state index contributed by atoms with van der Waals surface area (Å²) in [4.78, 5) is 2.14. The monoisotopic (exact) mass is 246 g/mol. The van der Waals surface area contributed by atoms with Crippen LogP contribution >= 0.6 is 0 Å². The smallest absolute Gasteiger partial charge is 0.0361 e. The number of rotatable bonds is 6. The molecule has 100 valence electrons. The minimum absolute atomic E-state index is 0.466. The molecule has 18 heavy (non-hydrogen) atoms. The Morgan fingerprint density at radius 1 is 1.28 bits per heavy atom. The van der Waals surface area contributed by atoms with Crippen LogP contribution in [0.1, 0.15) is 44.7 Å². The normalized spacial score (nSPS) is 23.8. The molecule has 1 fully saturated rings. The highest BCUT2D eigenvalue weighted by Crippen LogP contribution is 2.36. The van der Waals surface area contributed by atoms with Crippen molar-refractivity contribution in [2.75, 3.05) is 19.0 Å². The van der Waals surface area contributed by atoms with Crippen LogP contribution in [0.15, 0.2) is 24.3 Å². The van der Waals surface area contributed by atoms with Gasteiger partial charge in [0.15, 0.2) is 0 Å². The van der Waals surface area contributed by atoms with Gasteiger partial charge in [0.1, 0.15) is 0 Å². The second-order valence-corrected chi connectivity index (χ2v) is 5.77. The molecule has 3 unspecified atom stereocenters. The van der Waals surface area contributed by atoms with Gasteiger partial charge >= 0.3 is 0 Å². The molecule has 0 aromatic heterocycles. The molecule has 1 N–H and O–H groups in total. The van der Waals surface area contributed by atoms with Gasteiger partial charge in [-0.2, -0.15) is 0 Å². The van der Waals surface area contributed by atoms with Crippen molar-refractivity contribution in [2.45, 2.75) is 45.2 Å². The molecule has 0 heterocycles. The Bertz CT molecular complexity index is 369. The zero-order valence-electron chi connectivity index (χ0n) is 12.1. The van der Waals surface area contributed by atoms with Crippen molar-refractivity contribution in [1.29, 1.82) is 0 Å². The highest BCUT2D eigenvalue weighted by atomic mass is 15.1. The van der Waals surface area contributed by atoms with E-state index in [0.717, 1.165) is 12.0 Å². The van der Waals surface area contributed by atoms with Crippen LogP contribution in [0.2, 0.25) is 0 Å². The zero-order chi connectivity index (χ0) is 13.1. The SMILES string of the molecule is CCCC1CC1NC(C)c1ccc(N(C)C)cc1. The van der Waals surface area contributed by atoms with E-state index in [4.69, 9.17) is 0 Å². The molecule has 1 aliphatic rings. The van der Waals surface area contributed by atoms with Crippen LogP contribution in [-0.4, -0.2) is 20.1 Å². The first kappa shape index (κ1) is 13.4. The van der Waals surface area contributed by atoms with Crippen LogP contribution < -0.4 is 10.2 Å². The zero-order valence-corrected chi connectivity index (χ0v) is 12.1. The molecule has 2 rings (SSSR count). The second kappa shape index (κ2) is 5.75. The third-order valence-electron chi connectivity index (χ3n) is 3.96. The Morgan fingerprint density at radius 3 is 2.50 bits per heavy atom. The van der Waals surface area contributed by atoms with Crippen molar-refractivity contribution in [1.82, 2.24) is 5.32 Å². The Labute approximate surface area is 111 Å². The number of hydrogen-bond donors (Lipinski definition) is 1. The summed E-state index contributed by atoms with van der Waals surface area (Å²) in [5.41, 5.74) is 2.66. The van der Waals surface area contributed by atoms with Gasteiger partial charge in [-0.1, -0.05) is 25.5 Å². The first-order valence-corrected chi connectivity index (χ1v) is 7.15. The average Bonchev–Trinajstić information content (AvgIpc) is 3.08. The Balaban J connectivity index is 1.87. The molecule has 0 saturated heterocycles. The maximum Gasteiger partial charge on any atom is 0.0361 e. The first-order chi connectivity index (χ1) is 8.61. The summed E-state index contributed by atoms with van der Waals surface area (Å²) in [6.07, 6.45) is 4.06. The van der Waals surface area contributed by atoms with Crippen LogP contribution in [0.3, 0.4) is 0 Å². The topological polar surface area (TPSA) is 15.3 Å². The highest BCUT2D eigenvalue weighted by Gasteiger charge is 2.36. The van der Waals surface area contributed by atoms with Crippen LogP contribution in [0.25, 0.3) is 0 Å². The molecule has 2 heteroatoms. The maximum absolute atomic E-state index is 3.74. The van der Waals surface area contributed by atoms with E-state index in [2.05, 4.69) is 62.4 Å². The standard InChI is InChI=1S/C16H26N2/c1-5-6-14-11-16(14)17-12(2)13-7-9-15(10-8-13)18(3)4/h7-10,12,14,16-17H,5-6,11H2,1-4H3. The van der Waals surface area contributed by atoms with Gasteiger partial charge in [-0.15, -0.1) is 0 Å². The van der Waals surface area contributed by atoms with Crippen LogP contribution in [0.5, 0.6) is 0 Å². The van der Waals surface area contributed by atoms with E-state index < -0.39 is 0 Å². The summed E-state index contributed by atoms with van der Waals surface area (Å²) in [7, 11) is 4.16. The third-order valence-corrected chi connectivity index (χ3v) is 3.96. The van der Waals surface area contributed by atoms with Gasteiger partial charge in [0.25, 0.3) is 0 Å². The fourth-order valence-electron chi connectivity index (χ4n) is 2.62. The summed E-state index contributed by atoms with van der Waals surface area (Å²) in [5.74, 6) is 0.929. The summed E-state index contributed by atoms with van der Waals surface area (Å²) < 4.78 is 0. The first-order valence-electron chi connectivity index (χ1n) is 7.15. The van der Waals surface area contributed by atoms with E-state index in [9.17, 15) is 0 Å². The number of nitrogens with zero attached hydrogens (tertiary/aromatic N) is 1. The molecule has 1 aliphatic carbocycles. The number of anilines is 1. The Morgan fingerprint density at radius 2 is 1.94 bits per heavy atom. The van der Waals surface area contributed by atoms with Crippen LogP contribution in [-0.2, 0) is 0 Å². The van der Waals surface area contributed by atoms with Crippen molar-refractivity contribution in [3.63, 3.8) is 0 Å². The van der Waals surface area contributed by atoms with E-state index in [-0.39, 0.29) is 0 Å². The quantitative estimate of drug-likeness (QED) is 0.825. The number of benzene rings is 1. The molecule has 0 bridgehead atoms. The van der Waals surface area contributed by atoms with E-state index in [1.54, 1.807) is 0 Å². The fraction of sp³-hybridized carbons (Fsp3) is 0.625. The molecule has 0 spiro atoms. The lowest BCUT2D eigenvalue weighted by atomic mass is 10.1. The second-order valence-electron chi connectivity index (χ2n) is 5.77. The molecular formula is C16H26N2. The molecule has 0 radical (unpaired) electrons. The Hall–Kier alpha value is -1.02. The minimum atomic E-state index is 0.466. The maximum atomic E-state index is 3.74. The lowest BCUT2D eigenvalue weighted by Crippen LogP contribution is -2.22. The van der Waals surface area contributed by atoms with Crippen LogP contribution in [0, 0.1) is 5.92 Å². The lowest BCUT2D eigenvalue weighted by Gasteiger charge is -2.17. The molecule has 1 aromatic carbocycles.